The average Bonchev–Trinajstić information content (AvgIpc) is 2.79. The first-order chi connectivity index (χ1) is 13.6. The van der Waals surface area contributed by atoms with Gasteiger partial charge in [-0.25, -0.2) is 14.4 Å². The Morgan fingerprint density at radius 2 is 1.90 bits per heavy atom. The van der Waals surface area contributed by atoms with Crippen LogP contribution in [-0.2, 0) is 38.1 Å². The van der Waals surface area contributed by atoms with Crippen LogP contribution in [0.2, 0.25) is 0 Å². The van der Waals surface area contributed by atoms with Crippen LogP contribution < -0.4 is 0 Å². The van der Waals surface area contributed by atoms with Gasteiger partial charge in [-0.15, -0.1) is 0 Å². The maximum Gasteiger partial charge on any atom is 0.348 e. The van der Waals surface area contributed by atoms with Crippen molar-refractivity contribution < 1.29 is 38.1 Å². The third kappa shape index (κ3) is 4.62. The number of carbonyl (C=O) groups excluding carboxylic acids is 4. The molecule has 8 heteroatoms. The van der Waals surface area contributed by atoms with Crippen LogP contribution in [0, 0.1) is 11.8 Å². The monoisotopic (exact) mass is 408 g/mol. The zero-order valence-electron chi connectivity index (χ0n) is 17.1. The van der Waals surface area contributed by atoms with Crippen LogP contribution in [0.25, 0.3) is 0 Å². The molecule has 2 saturated heterocycles. The molecule has 4 rings (SSSR count). The Kier molecular flexibility index (Phi) is 6.00. The molecule has 6 atom stereocenters. The number of rotatable bonds is 7. The van der Waals surface area contributed by atoms with Crippen LogP contribution in [0.3, 0.4) is 0 Å². The molecule has 2 aliphatic carbocycles. The van der Waals surface area contributed by atoms with Crippen LogP contribution in [0.15, 0.2) is 12.2 Å². The first-order valence-electron chi connectivity index (χ1n) is 10.1. The number of hydrogen-bond donors (Lipinski definition) is 0. The lowest BCUT2D eigenvalue weighted by Crippen LogP contribution is -2.50. The summed E-state index contributed by atoms with van der Waals surface area (Å²) in [5.41, 5.74) is -0.594. The summed E-state index contributed by atoms with van der Waals surface area (Å²) in [6.07, 6.45) is 0.898. The molecule has 0 aromatic carbocycles. The molecule has 4 fully saturated rings. The van der Waals surface area contributed by atoms with Crippen molar-refractivity contribution in [3.63, 3.8) is 0 Å². The summed E-state index contributed by atoms with van der Waals surface area (Å²) in [7, 11) is 0. The van der Waals surface area contributed by atoms with Crippen LogP contribution in [0.1, 0.15) is 59.3 Å². The highest BCUT2D eigenvalue weighted by molar-refractivity contribution is 5.89. The standard InChI is InChI=1S/C21H28O8/c1-5-16(28-18(23)12(4)26-17(22)11(2)3)20(25)29-21-8-13-6-14(9-21)19(24)27-15(7-13)10-21/h12-16H,2,5-10H2,1,3-4H3. The van der Waals surface area contributed by atoms with Gasteiger partial charge in [0.05, 0.1) is 5.92 Å². The fourth-order valence-corrected chi connectivity index (χ4v) is 4.62. The molecular formula is C21H28O8. The molecule has 0 spiro atoms. The van der Waals surface area contributed by atoms with E-state index in [-0.39, 0.29) is 35.9 Å². The minimum absolute atomic E-state index is 0.158. The quantitative estimate of drug-likeness (QED) is 0.359. The SMILES string of the molecule is C=C(C)C(=O)OC(C)C(=O)OC(CC)C(=O)OC12CC3CC(C1)OC(=O)C(C3)C2. The third-order valence-electron chi connectivity index (χ3n) is 5.88. The highest BCUT2D eigenvalue weighted by Gasteiger charge is 2.55. The smallest absolute Gasteiger partial charge is 0.348 e. The fraction of sp³-hybridized carbons (Fsp3) is 0.714. The summed E-state index contributed by atoms with van der Waals surface area (Å²) >= 11 is 0. The van der Waals surface area contributed by atoms with E-state index >= 15 is 0 Å². The Balaban J connectivity index is 1.63. The lowest BCUT2D eigenvalue weighted by atomic mass is 9.65. The van der Waals surface area contributed by atoms with Crippen molar-refractivity contribution in [1.82, 2.24) is 0 Å². The van der Waals surface area contributed by atoms with E-state index in [2.05, 4.69) is 6.58 Å². The predicted molar refractivity (Wildman–Crippen MR) is 99.3 cm³/mol. The third-order valence-corrected chi connectivity index (χ3v) is 5.88. The van der Waals surface area contributed by atoms with Crippen molar-refractivity contribution in [2.45, 2.75) is 83.2 Å². The van der Waals surface area contributed by atoms with Crippen LogP contribution in [0.4, 0.5) is 0 Å². The number of carbonyl (C=O) groups is 4. The zero-order valence-corrected chi connectivity index (χ0v) is 17.1. The number of fused-ring (bicyclic) bond motifs is 1. The van der Waals surface area contributed by atoms with E-state index in [0.717, 1.165) is 12.8 Å². The molecule has 0 radical (unpaired) electrons. The van der Waals surface area contributed by atoms with Gasteiger partial charge in [-0.05, 0) is 45.4 Å². The van der Waals surface area contributed by atoms with Gasteiger partial charge in [-0.3, -0.25) is 4.79 Å². The zero-order chi connectivity index (χ0) is 21.3. The molecule has 0 amide bonds. The van der Waals surface area contributed by atoms with E-state index in [1.54, 1.807) is 6.92 Å². The van der Waals surface area contributed by atoms with E-state index in [1.807, 2.05) is 0 Å². The van der Waals surface area contributed by atoms with Crippen LogP contribution >= 0.6 is 0 Å². The Bertz CT molecular complexity index is 728. The summed E-state index contributed by atoms with van der Waals surface area (Å²) in [5, 5.41) is 0. The minimum atomic E-state index is -1.17. The Morgan fingerprint density at radius 3 is 2.55 bits per heavy atom. The van der Waals surface area contributed by atoms with Gasteiger partial charge in [-0.2, -0.15) is 0 Å². The van der Waals surface area contributed by atoms with Gasteiger partial charge >= 0.3 is 23.9 Å². The molecule has 6 unspecified atom stereocenters. The maximum atomic E-state index is 12.8. The Hall–Kier alpha value is -2.38. The molecule has 0 aromatic heterocycles. The lowest BCUT2D eigenvalue weighted by molar-refractivity contribution is -0.193. The van der Waals surface area contributed by atoms with E-state index in [1.165, 1.54) is 13.8 Å². The van der Waals surface area contributed by atoms with Crippen molar-refractivity contribution in [3.05, 3.63) is 12.2 Å². The second-order valence-electron chi connectivity index (χ2n) is 8.47. The normalized spacial score (nSPS) is 31.8. The van der Waals surface area contributed by atoms with Gasteiger partial charge in [0, 0.05) is 18.4 Å². The van der Waals surface area contributed by atoms with Crippen molar-refractivity contribution in [2.75, 3.05) is 0 Å². The summed E-state index contributed by atoms with van der Waals surface area (Å²) in [6.45, 7) is 7.99. The van der Waals surface area contributed by atoms with Gasteiger partial charge in [0.15, 0.2) is 12.2 Å². The lowest BCUT2D eigenvalue weighted by Gasteiger charge is -2.45. The molecule has 2 aliphatic heterocycles. The Morgan fingerprint density at radius 1 is 1.17 bits per heavy atom. The van der Waals surface area contributed by atoms with Gasteiger partial charge in [0.25, 0.3) is 0 Å². The molecule has 0 aromatic rings. The molecule has 160 valence electrons. The summed E-state index contributed by atoms with van der Waals surface area (Å²) in [6, 6.07) is 0. The van der Waals surface area contributed by atoms with Gasteiger partial charge in [0.2, 0.25) is 0 Å². The highest BCUT2D eigenvalue weighted by atomic mass is 16.6. The number of ether oxygens (including phenoxy) is 4. The van der Waals surface area contributed by atoms with Crippen molar-refractivity contribution in [3.8, 4) is 0 Å². The molecule has 0 N–H and O–H groups in total. The molecule has 2 heterocycles. The largest absolute Gasteiger partial charge is 0.462 e. The Labute approximate surface area is 169 Å². The van der Waals surface area contributed by atoms with E-state index in [9.17, 15) is 19.2 Å². The molecule has 8 nitrogen and oxygen atoms in total. The first kappa shape index (κ1) is 21.3. The van der Waals surface area contributed by atoms with Gasteiger partial charge in [-0.1, -0.05) is 13.5 Å². The summed E-state index contributed by atoms with van der Waals surface area (Å²) in [5.74, 6) is -2.35. The number of esters is 4. The predicted octanol–water partition coefficient (Wildman–Crippen LogP) is 2.23. The van der Waals surface area contributed by atoms with Gasteiger partial charge < -0.3 is 18.9 Å². The molecule has 29 heavy (non-hydrogen) atoms. The van der Waals surface area contributed by atoms with Crippen molar-refractivity contribution in [1.29, 1.82) is 0 Å². The topological polar surface area (TPSA) is 105 Å². The van der Waals surface area contributed by atoms with E-state index < -0.39 is 35.7 Å². The minimum Gasteiger partial charge on any atom is -0.462 e. The van der Waals surface area contributed by atoms with Crippen molar-refractivity contribution in [2.24, 2.45) is 11.8 Å². The second kappa shape index (κ2) is 8.16. The van der Waals surface area contributed by atoms with E-state index in [4.69, 9.17) is 18.9 Å². The van der Waals surface area contributed by atoms with Crippen LogP contribution in [-0.4, -0.2) is 47.8 Å². The molecular weight excluding hydrogens is 380 g/mol. The second-order valence-corrected chi connectivity index (χ2v) is 8.47. The first-order valence-corrected chi connectivity index (χ1v) is 10.1. The maximum absolute atomic E-state index is 12.8. The van der Waals surface area contributed by atoms with Crippen molar-refractivity contribution >= 4 is 23.9 Å². The molecule has 4 bridgehead atoms. The fourth-order valence-electron chi connectivity index (χ4n) is 4.62. The van der Waals surface area contributed by atoms with Gasteiger partial charge in [0.1, 0.15) is 11.7 Å². The molecule has 2 saturated carbocycles. The van der Waals surface area contributed by atoms with E-state index in [0.29, 0.717) is 19.3 Å². The molecule has 4 aliphatic rings. The summed E-state index contributed by atoms with van der Waals surface area (Å²) < 4.78 is 21.6. The summed E-state index contributed by atoms with van der Waals surface area (Å²) in [4.78, 5) is 48.7. The van der Waals surface area contributed by atoms with Crippen LogP contribution in [0.5, 0.6) is 0 Å². The number of hydrogen-bond acceptors (Lipinski definition) is 8. The average molecular weight is 408 g/mol. The highest BCUT2D eigenvalue weighted by Crippen LogP contribution is 2.51.